The Morgan fingerprint density at radius 3 is 3.11 bits per heavy atom. The van der Waals surface area contributed by atoms with Gasteiger partial charge in [0.05, 0.1) is 19.3 Å². The fraction of sp³-hybridized carbons (Fsp3) is 0.500. The Hall–Kier alpha value is -1.75. The molecule has 1 N–H and O–H groups in total. The van der Waals surface area contributed by atoms with E-state index in [1.807, 2.05) is 24.3 Å². The molecule has 1 unspecified atom stereocenters. The Labute approximate surface area is 112 Å². The average Bonchev–Trinajstić information content (AvgIpc) is 2.76. The maximum atomic E-state index is 12.1. The van der Waals surface area contributed by atoms with Crippen LogP contribution in [0.1, 0.15) is 12.8 Å². The minimum atomic E-state index is -0.363. The largest absolute Gasteiger partial charge is 0.497 e. The highest BCUT2D eigenvalue weighted by Crippen LogP contribution is 2.33. The third-order valence-electron chi connectivity index (χ3n) is 3.77. The molecule has 5 heteroatoms. The number of nitrogens with one attached hydrogen (secondary N) is 1. The normalized spacial score (nSPS) is 26.6. The summed E-state index contributed by atoms with van der Waals surface area (Å²) in [4.78, 5) is 13.8. The van der Waals surface area contributed by atoms with Crippen LogP contribution in [0.2, 0.25) is 0 Å². The first kappa shape index (κ1) is 12.3. The Morgan fingerprint density at radius 2 is 2.37 bits per heavy atom. The van der Waals surface area contributed by atoms with E-state index in [0.29, 0.717) is 6.54 Å². The molecule has 5 nitrogen and oxygen atoms in total. The number of hydrogen-bond donors (Lipinski definition) is 1. The van der Waals surface area contributed by atoms with Gasteiger partial charge in [0, 0.05) is 12.6 Å². The molecule has 1 spiro atoms. The zero-order chi connectivity index (χ0) is 13.3. The Morgan fingerprint density at radius 1 is 1.47 bits per heavy atom. The summed E-state index contributed by atoms with van der Waals surface area (Å²) in [7, 11) is 1.62. The lowest BCUT2D eigenvalue weighted by Crippen LogP contribution is -2.48. The van der Waals surface area contributed by atoms with E-state index < -0.39 is 0 Å². The van der Waals surface area contributed by atoms with Crippen LogP contribution in [0.5, 0.6) is 5.75 Å². The van der Waals surface area contributed by atoms with Gasteiger partial charge in [-0.25, -0.2) is 4.79 Å². The van der Waals surface area contributed by atoms with Gasteiger partial charge in [-0.1, -0.05) is 6.07 Å². The Kier molecular flexibility index (Phi) is 3.06. The van der Waals surface area contributed by atoms with Crippen molar-refractivity contribution in [3.8, 4) is 5.75 Å². The molecule has 2 saturated heterocycles. The van der Waals surface area contributed by atoms with Crippen molar-refractivity contribution in [2.45, 2.75) is 18.4 Å². The quantitative estimate of drug-likeness (QED) is 0.882. The highest BCUT2D eigenvalue weighted by Gasteiger charge is 2.46. The lowest BCUT2D eigenvalue weighted by molar-refractivity contribution is 0.0366. The van der Waals surface area contributed by atoms with Crippen LogP contribution in [-0.2, 0) is 4.74 Å². The van der Waals surface area contributed by atoms with Gasteiger partial charge >= 0.3 is 6.09 Å². The van der Waals surface area contributed by atoms with Crippen LogP contribution in [-0.4, -0.2) is 38.4 Å². The SMILES string of the molecule is COc1cccc(N2CC3(CCCNC3)OC2=O)c1. The molecule has 102 valence electrons. The number of ether oxygens (including phenoxy) is 2. The van der Waals surface area contributed by atoms with Gasteiger partial charge in [-0.2, -0.15) is 0 Å². The van der Waals surface area contributed by atoms with Gasteiger partial charge in [-0.15, -0.1) is 0 Å². The molecule has 0 bridgehead atoms. The standard InChI is InChI=1S/C14H18N2O3/c1-18-12-5-2-4-11(8-12)16-10-14(19-13(16)17)6-3-7-15-9-14/h2,4-5,8,15H,3,6-7,9-10H2,1H3. The number of carbonyl (C=O) groups is 1. The van der Waals surface area contributed by atoms with E-state index in [1.54, 1.807) is 12.0 Å². The molecule has 19 heavy (non-hydrogen) atoms. The summed E-state index contributed by atoms with van der Waals surface area (Å²) in [5, 5.41) is 3.30. The molecule has 2 fully saturated rings. The Bertz CT molecular complexity index is 483. The van der Waals surface area contributed by atoms with Crippen molar-refractivity contribution in [1.82, 2.24) is 5.32 Å². The molecule has 2 aliphatic rings. The fourth-order valence-corrected chi connectivity index (χ4v) is 2.76. The molecule has 0 saturated carbocycles. The van der Waals surface area contributed by atoms with Crippen molar-refractivity contribution < 1.29 is 14.3 Å². The maximum absolute atomic E-state index is 12.1. The first-order chi connectivity index (χ1) is 9.22. The van der Waals surface area contributed by atoms with Crippen molar-refractivity contribution in [3.63, 3.8) is 0 Å². The minimum Gasteiger partial charge on any atom is -0.497 e. The second kappa shape index (κ2) is 4.74. The molecule has 1 atom stereocenters. The van der Waals surface area contributed by atoms with E-state index in [1.165, 1.54) is 0 Å². The van der Waals surface area contributed by atoms with Crippen LogP contribution in [0.3, 0.4) is 0 Å². The van der Waals surface area contributed by atoms with Crippen molar-refractivity contribution in [3.05, 3.63) is 24.3 Å². The number of nitrogens with zero attached hydrogens (tertiary/aromatic N) is 1. The summed E-state index contributed by atoms with van der Waals surface area (Å²) in [5.41, 5.74) is 0.463. The number of piperidine rings is 1. The molecule has 2 aliphatic heterocycles. The van der Waals surface area contributed by atoms with Gasteiger partial charge in [-0.3, -0.25) is 4.90 Å². The van der Waals surface area contributed by atoms with Crippen LogP contribution >= 0.6 is 0 Å². The van der Waals surface area contributed by atoms with E-state index in [9.17, 15) is 4.79 Å². The summed E-state index contributed by atoms with van der Waals surface area (Å²) in [6.07, 6.45) is 1.70. The molecule has 2 heterocycles. The van der Waals surface area contributed by atoms with Crippen LogP contribution in [0.4, 0.5) is 10.5 Å². The molecule has 1 aromatic rings. The number of hydrogen-bond acceptors (Lipinski definition) is 4. The third-order valence-corrected chi connectivity index (χ3v) is 3.77. The summed E-state index contributed by atoms with van der Waals surface area (Å²) >= 11 is 0. The average molecular weight is 262 g/mol. The van der Waals surface area contributed by atoms with Crippen molar-refractivity contribution in [1.29, 1.82) is 0 Å². The number of anilines is 1. The summed E-state index contributed by atoms with van der Waals surface area (Å²) in [6, 6.07) is 7.50. The zero-order valence-electron chi connectivity index (χ0n) is 11.0. The number of rotatable bonds is 2. The number of methoxy groups -OCH3 is 1. The predicted molar refractivity (Wildman–Crippen MR) is 71.7 cm³/mol. The second-order valence-corrected chi connectivity index (χ2v) is 5.12. The fourth-order valence-electron chi connectivity index (χ4n) is 2.76. The molecule has 0 aliphatic carbocycles. The van der Waals surface area contributed by atoms with E-state index in [4.69, 9.17) is 9.47 Å². The number of amides is 1. The summed E-state index contributed by atoms with van der Waals surface area (Å²) in [6.45, 7) is 2.34. The van der Waals surface area contributed by atoms with Crippen molar-refractivity contribution >= 4 is 11.8 Å². The van der Waals surface area contributed by atoms with Crippen LogP contribution in [0.15, 0.2) is 24.3 Å². The molecular formula is C14H18N2O3. The van der Waals surface area contributed by atoms with Crippen LogP contribution in [0, 0.1) is 0 Å². The topological polar surface area (TPSA) is 50.8 Å². The number of carbonyl (C=O) groups excluding carboxylic acids is 1. The molecule has 0 aromatic heterocycles. The smallest absolute Gasteiger partial charge is 0.415 e. The molecule has 0 radical (unpaired) electrons. The van der Waals surface area contributed by atoms with Gasteiger partial charge in [0.2, 0.25) is 0 Å². The predicted octanol–water partition coefficient (Wildman–Crippen LogP) is 1.77. The third kappa shape index (κ3) is 2.26. The van der Waals surface area contributed by atoms with Crippen molar-refractivity contribution in [2.24, 2.45) is 0 Å². The lowest BCUT2D eigenvalue weighted by Gasteiger charge is -2.31. The van der Waals surface area contributed by atoms with Gasteiger partial charge in [-0.05, 0) is 31.5 Å². The van der Waals surface area contributed by atoms with E-state index >= 15 is 0 Å². The second-order valence-electron chi connectivity index (χ2n) is 5.12. The highest BCUT2D eigenvalue weighted by atomic mass is 16.6. The van der Waals surface area contributed by atoms with Gasteiger partial charge in [0.15, 0.2) is 0 Å². The summed E-state index contributed by atoms with van der Waals surface area (Å²) in [5.74, 6) is 0.744. The first-order valence-corrected chi connectivity index (χ1v) is 6.58. The zero-order valence-corrected chi connectivity index (χ0v) is 11.0. The van der Waals surface area contributed by atoms with E-state index in [-0.39, 0.29) is 11.7 Å². The number of benzene rings is 1. The van der Waals surface area contributed by atoms with Gasteiger partial charge < -0.3 is 14.8 Å². The highest BCUT2D eigenvalue weighted by molar-refractivity contribution is 5.90. The molecule has 1 aromatic carbocycles. The van der Waals surface area contributed by atoms with E-state index in [0.717, 1.165) is 37.4 Å². The monoisotopic (exact) mass is 262 g/mol. The lowest BCUT2D eigenvalue weighted by atomic mass is 9.94. The van der Waals surface area contributed by atoms with Crippen molar-refractivity contribution in [2.75, 3.05) is 31.6 Å². The van der Waals surface area contributed by atoms with Crippen LogP contribution < -0.4 is 15.0 Å². The van der Waals surface area contributed by atoms with Crippen LogP contribution in [0.25, 0.3) is 0 Å². The van der Waals surface area contributed by atoms with Gasteiger partial charge in [0.1, 0.15) is 11.4 Å². The molecular weight excluding hydrogens is 244 g/mol. The minimum absolute atomic E-state index is 0.267. The molecule has 3 rings (SSSR count). The summed E-state index contributed by atoms with van der Waals surface area (Å²) < 4.78 is 10.8. The van der Waals surface area contributed by atoms with E-state index in [2.05, 4.69) is 5.32 Å². The maximum Gasteiger partial charge on any atom is 0.415 e. The first-order valence-electron chi connectivity index (χ1n) is 6.58. The Balaban J connectivity index is 1.83. The molecule has 1 amide bonds. The van der Waals surface area contributed by atoms with Gasteiger partial charge in [0.25, 0.3) is 0 Å².